The molecule has 2 heterocycles. The normalized spacial score (nSPS) is 21.4. The molecule has 0 atom stereocenters. The highest BCUT2D eigenvalue weighted by atomic mass is 32.2. The fourth-order valence-corrected chi connectivity index (χ4v) is 4.81. The Hall–Kier alpha value is -1.44. The SMILES string of the molecule is CC1CCN(S(=O)(=O)c2ccc(C(=O)N3CCN(C)CC3)cc2)CC1. The summed E-state index contributed by atoms with van der Waals surface area (Å²) in [5.74, 6) is 0.555. The van der Waals surface area contributed by atoms with Gasteiger partial charge < -0.3 is 9.80 Å². The third-order valence-electron chi connectivity index (χ3n) is 5.27. The molecule has 25 heavy (non-hydrogen) atoms. The van der Waals surface area contributed by atoms with Crippen molar-refractivity contribution >= 4 is 15.9 Å². The Morgan fingerprint density at radius 1 is 0.960 bits per heavy atom. The molecule has 0 radical (unpaired) electrons. The van der Waals surface area contributed by atoms with Crippen LogP contribution in [0.25, 0.3) is 0 Å². The van der Waals surface area contributed by atoms with Gasteiger partial charge in [-0.1, -0.05) is 6.92 Å². The maximum Gasteiger partial charge on any atom is 0.253 e. The van der Waals surface area contributed by atoms with Crippen molar-refractivity contribution in [1.29, 1.82) is 0 Å². The summed E-state index contributed by atoms with van der Waals surface area (Å²) in [4.78, 5) is 16.8. The van der Waals surface area contributed by atoms with E-state index in [1.165, 1.54) is 0 Å². The number of carbonyl (C=O) groups excluding carboxylic acids is 1. The first-order chi connectivity index (χ1) is 11.9. The lowest BCUT2D eigenvalue weighted by molar-refractivity contribution is 0.0664. The number of carbonyl (C=O) groups is 1. The van der Waals surface area contributed by atoms with Gasteiger partial charge in [0.1, 0.15) is 0 Å². The minimum absolute atomic E-state index is 0.0242. The molecule has 3 rings (SSSR count). The van der Waals surface area contributed by atoms with Crippen LogP contribution in [-0.2, 0) is 10.0 Å². The lowest BCUT2D eigenvalue weighted by Crippen LogP contribution is -2.47. The van der Waals surface area contributed by atoms with Crippen molar-refractivity contribution in [2.75, 3.05) is 46.3 Å². The molecule has 2 aliphatic heterocycles. The van der Waals surface area contributed by atoms with Gasteiger partial charge in [0.05, 0.1) is 4.90 Å². The summed E-state index contributed by atoms with van der Waals surface area (Å²) in [7, 11) is -1.41. The van der Waals surface area contributed by atoms with Gasteiger partial charge in [-0.2, -0.15) is 4.31 Å². The highest BCUT2D eigenvalue weighted by molar-refractivity contribution is 7.89. The minimum Gasteiger partial charge on any atom is -0.336 e. The molecule has 138 valence electrons. The maximum absolute atomic E-state index is 12.7. The number of amides is 1. The minimum atomic E-state index is -3.46. The Morgan fingerprint density at radius 3 is 2.08 bits per heavy atom. The molecule has 0 unspecified atom stereocenters. The van der Waals surface area contributed by atoms with Crippen molar-refractivity contribution in [3.8, 4) is 0 Å². The Bertz CT molecular complexity index is 702. The van der Waals surface area contributed by atoms with Gasteiger partial charge in [0.25, 0.3) is 5.91 Å². The first kappa shape index (κ1) is 18.4. The lowest BCUT2D eigenvalue weighted by atomic mass is 10.0. The molecule has 2 fully saturated rings. The fourth-order valence-electron chi connectivity index (χ4n) is 3.34. The van der Waals surface area contributed by atoms with Gasteiger partial charge in [-0.3, -0.25) is 4.79 Å². The van der Waals surface area contributed by atoms with Gasteiger partial charge in [-0.15, -0.1) is 0 Å². The summed E-state index contributed by atoms with van der Waals surface area (Å²) < 4.78 is 27.0. The van der Waals surface area contributed by atoms with Crippen molar-refractivity contribution in [2.45, 2.75) is 24.7 Å². The number of benzene rings is 1. The Kier molecular flexibility index (Phi) is 5.46. The van der Waals surface area contributed by atoms with Crippen molar-refractivity contribution in [2.24, 2.45) is 5.92 Å². The van der Waals surface area contributed by atoms with E-state index >= 15 is 0 Å². The smallest absolute Gasteiger partial charge is 0.253 e. The van der Waals surface area contributed by atoms with E-state index in [0.717, 1.165) is 25.9 Å². The standard InChI is InChI=1S/C18H27N3O3S/c1-15-7-9-21(10-8-15)25(23,24)17-5-3-16(4-6-17)18(22)20-13-11-19(2)12-14-20/h3-6,15H,7-14H2,1-2H3. The van der Waals surface area contributed by atoms with E-state index in [0.29, 0.717) is 37.7 Å². The molecule has 0 aromatic heterocycles. The third kappa shape index (κ3) is 4.04. The second kappa shape index (κ2) is 7.43. The fraction of sp³-hybridized carbons (Fsp3) is 0.611. The van der Waals surface area contributed by atoms with Gasteiger partial charge >= 0.3 is 0 Å². The van der Waals surface area contributed by atoms with Gasteiger partial charge in [0, 0.05) is 44.8 Å². The molecule has 1 aromatic rings. The van der Waals surface area contributed by atoms with Crippen LogP contribution in [0.4, 0.5) is 0 Å². The van der Waals surface area contributed by atoms with Crippen LogP contribution in [0, 0.1) is 5.92 Å². The zero-order chi connectivity index (χ0) is 18.0. The van der Waals surface area contributed by atoms with E-state index in [1.807, 2.05) is 11.9 Å². The molecule has 0 spiro atoms. The van der Waals surface area contributed by atoms with Gasteiger partial charge in [0.2, 0.25) is 10.0 Å². The van der Waals surface area contributed by atoms with Crippen LogP contribution in [0.2, 0.25) is 0 Å². The van der Waals surface area contributed by atoms with E-state index in [2.05, 4.69) is 11.8 Å². The van der Waals surface area contributed by atoms with Crippen LogP contribution in [0.5, 0.6) is 0 Å². The van der Waals surface area contributed by atoms with Gasteiger partial charge in [-0.05, 0) is 50.1 Å². The lowest BCUT2D eigenvalue weighted by Gasteiger charge is -2.32. The Morgan fingerprint density at radius 2 is 1.52 bits per heavy atom. The van der Waals surface area contributed by atoms with Crippen molar-refractivity contribution in [3.05, 3.63) is 29.8 Å². The molecule has 2 aliphatic rings. The zero-order valence-corrected chi connectivity index (χ0v) is 15.8. The van der Waals surface area contributed by atoms with Crippen molar-refractivity contribution in [1.82, 2.24) is 14.1 Å². The molecule has 7 heteroatoms. The number of sulfonamides is 1. The molecule has 1 aromatic carbocycles. The molecule has 0 aliphatic carbocycles. The van der Waals surface area contributed by atoms with Crippen LogP contribution in [0.3, 0.4) is 0 Å². The quantitative estimate of drug-likeness (QED) is 0.814. The summed E-state index contributed by atoms with van der Waals surface area (Å²) in [5, 5.41) is 0. The van der Waals surface area contributed by atoms with E-state index < -0.39 is 10.0 Å². The maximum atomic E-state index is 12.7. The highest BCUT2D eigenvalue weighted by Crippen LogP contribution is 2.23. The second-order valence-electron chi connectivity index (χ2n) is 7.21. The molecular formula is C18H27N3O3S. The van der Waals surface area contributed by atoms with E-state index in [4.69, 9.17) is 0 Å². The van der Waals surface area contributed by atoms with Crippen molar-refractivity contribution in [3.63, 3.8) is 0 Å². The number of hydrogen-bond donors (Lipinski definition) is 0. The molecule has 0 bridgehead atoms. The first-order valence-electron chi connectivity index (χ1n) is 8.96. The largest absolute Gasteiger partial charge is 0.336 e. The number of piperidine rings is 1. The number of rotatable bonds is 3. The molecule has 1 amide bonds. The van der Waals surface area contributed by atoms with Gasteiger partial charge in [0.15, 0.2) is 0 Å². The molecule has 2 saturated heterocycles. The van der Waals surface area contributed by atoms with E-state index in [9.17, 15) is 13.2 Å². The summed E-state index contributed by atoms with van der Waals surface area (Å²) in [6.07, 6.45) is 1.80. The number of nitrogens with zero attached hydrogens (tertiary/aromatic N) is 3. The van der Waals surface area contributed by atoms with Crippen LogP contribution in [-0.4, -0.2) is 74.7 Å². The predicted molar refractivity (Wildman–Crippen MR) is 97.0 cm³/mol. The summed E-state index contributed by atoms with van der Waals surface area (Å²) in [5.41, 5.74) is 0.552. The average molecular weight is 365 g/mol. The summed E-state index contributed by atoms with van der Waals surface area (Å²) in [6, 6.07) is 6.41. The Labute approximate surface area is 150 Å². The van der Waals surface area contributed by atoms with Gasteiger partial charge in [-0.25, -0.2) is 8.42 Å². The molecule has 6 nitrogen and oxygen atoms in total. The second-order valence-corrected chi connectivity index (χ2v) is 9.14. The monoisotopic (exact) mass is 365 g/mol. The third-order valence-corrected chi connectivity index (χ3v) is 7.19. The number of piperazine rings is 1. The van der Waals surface area contributed by atoms with Crippen LogP contribution < -0.4 is 0 Å². The zero-order valence-electron chi connectivity index (χ0n) is 15.0. The Balaban J connectivity index is 1.70. The first-order valence-corrected chi connectivity index (χ1v) is 10.4. The van der Waals surface area contributed by atoms with Crippen LogP contribution in [0.1, 0.15) is 30.1 Å². The summed E-state index contributed by atoms with van der Waals surface area (Å²) in [6.45, 7) is 6.46. The van der Waals surface area contributed by atoms with Crippen LogP contribution in [0.15, 0.2) is 29.2 Å². The molecular weight excluding hydrogens is 338 g/mol. The number of likely N-dealkylation sites (N-methyl/N-ethyl adjacent to an activating group) is 1. The predicted octanol–water partition coefficient (Wildman–Crippen LogP) is 1.49. The van der Waals surface area contributed by atoms with Crippen molar-refractivity contribution < 1.29 is 13.2 Å². The van der Waals surface area contributed by atoms with E-state index in [-0.39, 0.29) is 10.8 Å². The van der Waals surface area contributed by atoms with E-state index in [1.54, 1.807) is 28.6 Å². The number of hydrogen-bond acceptors (Lipinski definition) is 4. The average Bonchev–Trinajstić information content (AvgIpc) is 2.62. The topological polar surface area (TPSA) is 60.9 Å². The molecule has 0 saturated carbocycles. The highest BCUT2D eigenvalue weighted by Gasteiger charge is 2.28. The molecule has 0 N–H and O–H groups in total. The van der Waals surface area contributed by atoms with Crippen LogP contribution >= 0.6 is 0 Å². The summed E-state index contributed by atoms with van der Waals surface area (Å²) >= 11 is 0.